The van der Waals surface area contributed by atoms with E-state index in [-0.39, 0.29) is 11.2 Å². The molecule has 0 aromatic carbocycles. The number of carboxylic acid groups (broad SMARTS) is 1. The van der Waals surface area contributed by atoms with Crippen LogP contribution in [0.3, 0.4) is 0 Å². The van der Waals surface area contributed by atoms with Crippen LogP contribution in [-0.2, 0) is 9.59 Å². The van der Waals surface area contributed by atoms with Gasteiger partial charge in [0.05, 0.1) is 0 Å². The summed E-state index contributed by atoms with van der Waals surface area (Å²) in [7, 11) is 0. The third kappa shape index (κ3) is 1.56. The van der Waals surface area contributed by atoms with E-state index in [2.05, 4.69) is 0 Å². The Morgan fingerprint density at radius 2 is 1.93 bits per heavy atom. The molecule has 2 aliphatic rings. The van der Waals surface area contributed by atoms with Gasteiger partial charge in [0.2, 0.25) is 0 Å². The minimum Gasteiger partial charge on any atom is -0.481 e. The van der Waals surface area contributed by atoms with Crippen molar-refractivity contribution in [2.75, 3.05) is 0 Å². The molecule has 3 nitrogen and oxygen atoms in total. The highest BCUT2D eigenvalue weighted by Gasteiger charge is 2.47. The molecule has 2 rings (SSSR count). The Hall–Kier alpha value is -0.860. The highest BCUT2D eigenvalue weighted by molar-refractivity contribution is 6.00. The Morgan fingerprint density at radius 3 is 2.43 bits per heavy atom. The van der Waals surface area contributed by atoms with Crippen LogP contribution in [0.4, 0.5) is 0 Å². The average molecular weight is 196 g/mol. The fourth-order valence-corrected chi connectivity index (χ4v) is 3.02. The van der Waals surface area contributed by atoms with Crippen molar-refractivity contribution in [1.82, 2.24) is 0 Å². The number of rotatable bonds is 1. The summed E-state index contributed by atoms with van der Waals surface area (Å²) in [5, 5.41) is 8.88. The lowest BCUT2D eigenvalue weighted by Crippen LogP contribution is -2.22. The van der Waals surface area contributed by atoms with Gasteiger partial charge in [-0.3, -0.25) is 9.59 Å². The van der Waals surface area contributed by atoms with Gasteiger partial charge in [0.25, 0.3) is 0 Å². The summed E-state index contributed by atoms with van der Waals surface area (Å²) in [6.07, 6.45) is 6.81. The van der Waals surface area contributed by atoms with Crippen molar-refractivity contribution in [3.8, 4) is 0 Å². The van der Waals surface area contributed by atoms with Gasteiger partial charge in [-0.05, 0) is 24.7 Å². The Labute approximate surface area is 83.5 Å². The molecular formula is C11H16O3. The van der Waals surface area contributed by atoms with Crippen LogP contribution >= 0.6 is 0 Å². The fraction of sp³-hybridized carbons (Fsp3) is 0.818. The Bertz CT molecular complexity index is 264. The van der Waals surface area contributed by atoms with Crippen LogP contribution in [0.25, 0.3) is 0 Å². The van der Waals surface area contributed by atoms with Crippen LogP contribution in [0, 0.1) is 11.3 Å². The predicted octanol–water partition coefficient (Wildman–Crippen LogP) is 2.00. The van der Waals surface area contributed by atoms with Crippen molar-refractivity contribution in [2.45, 2.75) is 44.9 Å². The maximum Gasteiger partial charge on any atom is 0.314 e. The minimum atomic E-state index is -0.919. The maximum atomic E-state index is 11.5. The van der Waals surface area contributed by atoms with Crippen molar-refractivity contribution >= 4 is 11.8 Å². The summed E-state index contributed by atoms with van der Waals surface area (Å²) in [4.78, 5) is 22.3. The quantitative estimate of drug-likeness (QED) is 0.652. The molecule has 0 aromatic heterocycles. The van der Waals surface area contributed by atoms with Crippen LogP contribution in [0.15, 0.2) is 0 Å². The fourth-order valence-electron chi connectivity index (χ4n) is 3.02. The smallest absolute Gasteiger partial charge is 0.314 e. The molecule has 0 bridgehead atoms. The lowest BCUT2D eigenvalue weighted by molar-refractivity contribution is -0.145. The van der Waals surface area contributed by atoms with Crippen molar-refractivity contribution in [3.63, 3.8) is 0 Å². The molecule has 0 radical (unpaired) electrons. The molecule has 1 unspecified atom stereocenters. The molecule has 1 spiro atoms. The van der Waals surface area contributed by atoms with Crippen LogP contribution in [0.1, 0.15) is 44.9 Å². The zero-order valence-corrected chi connectivity index (χ0v) is 8.29. The lowest BCUT2D eigenvalue weighted by atomic mass is 9.72. The first-order valence-corrected chi connectivity index (χ1v) is 5.39. The van der Waals surface area contributed by atoms with Gasteiger partial charge in [0, 0.05) is 6.42 Å². The van der Waals surface area contributed by atoms with Crippen molar-refractivity contribution in [3.05, 3.63) is 0 Å². The largest absolute Gasteiger partial charge is 0.481 e. The van der Waals surface area contributed by atoms with Crippen molar-refractivity contribution < 1.29 is 14.7 Å². The highest BCUT2D eigenvalue weighted by Crippen LogP contribution is 2.49. The Morgan fingerprint density at radius 1 is 1.29 bits per heavy atom. The second-order valence-electron chi connectivity index (χ2n) is 4.80. The van der Waals surface area contributed by atoms with E-state index in [1.165, 1.54) is 19.3 Å². The van der Waals surface area contributed by atoms with E-state index in [1.807, 2.05) is 0 Å². The molecule has 1 atom stereocenters. The summed E-state index contributed by atoms with van der Waals surface area (Å²) in [5.74, 6) is -1.66. The molecule has 3 heteroatoms. The van der Waals surface area contributed by atoms with Crippen LogP contribution < -0.4 is 0 Å². The van der Waals surface area contributed by atoms with Crippen LogP contribution in [0.5, 0.6) is 0 Å². The second-order valence-corrected chi connectivity index (χ2v) is 4.80. The Kier molecular flexibility index (Phi) is 2.33. The van der Waals surface area contributed by atoms with E-state index in [4.69, 9.17) is 5.11 Å². The summed E-state index contributed by atoms with van der Waals surface area (Å²) in [6.45, 7) is 0. The van der Waals surface area contributed by atoms with E-state index in [1.54, 1.807) is 0 Å². The number of ketones is 1. The summed E-state index contributed by atoms with van der Waals surface area (Å²) >= 11 is 0. The van der Waals surface area contributed by atoms with E-state index in [9.17, 15) is 9.59 Å². The molecule has 0 amide bonds. The molecule has 2 aliphatic carbocycles. The molecule has 2 fully saturated rings. The number of hydrogen-bond donors (Lipinski definition) is 1. The third-order valence-corrected chi connectivity index (χ3v) is 3.79. The topological polar surface area (TPSA) is 54.4 Å². The maximum absolute atomic E-state index is 11.5. The van der Waals surface area contributed by atoms with Gasteiger partial charge < -0.3 is 5.11 Å². The van der Waals surface area contributed by atoms with Crippen molar-refractivity contribution in [1.29, 1.82) is 0 Å². The molecule has 0 saturated heterocycles. The van der Waals surface area contributed by atoms with Crippen LogP contribution in [-0.4, -0.2) is 16.9 Å². The summed E-state index contributed by atoms with van der Waals surface area (Å²) in [5.41, 5.74) is 0.0678. The van der Waals surface area contributed by atoms with Gasteiger partial charge in [-0.25, -0.2) is 0 Å². The van der Waals surface area contributed by atoms with Gasteiger partial charge in [-0.15, -0.1) is 0 Å². The molecule has 14 heavy (non-hydrogen) atoms. The minimum absolute atomic E-state index is 0.0422. The first kappa shape index (κ1) is 9.69. The first-order chi connectivity index (χ1) is 6.63. The first-order valence-electron chi connectivity index (χ1n) is 5.39. The summed E-state index contributed by atoms with van der Waals surface area (Å²) in [6, 6.07) is 0. The zero-order valence-electron chi connectivity index (χ0n) is 8.29. The lowest BCUT2D eigenvalue weighted by Gasteiger charge is -2.32. The van der Waals surface area contributed by atoms with E-state index in [0.717, 1.165) is 12.8 Å². The number of hydrogen-bond acceptors (Lipinski definition) is 2. The number of carboxylic acids is 1. The SMILES string of the molecule is O=C(O)C1CC2(CCCCC2)CC1=O. The van der Waals surface area contributed by atoms with Crippen LogP contribution in [0.2, 0.25) is 0 Å². The van der Waals surface area contributed by atoms with Gasteiger partial charge >= 0.3 is 5.97 Å². The highest BCUT2D eigenvalue weighted by atomic mass is 16.4. The number of aliphatic carboxylic acids is 1. The average Bonchev–Trinajstić information content (AvgIpc) is 2.44. The molecular weight excluding hydrogens is 180 g/mol. The monoisotopic (exact) mass is 196 g/mol. The third-order valence-electron chi connectivity index (χ3n) is 3.79. The molecule has 78 valence electrons. The van der Waals surface area contributed by atoms with E-state index in [0.29, 0.717) is 12.8 Å². The molecule has 1 N–H and O–H groups in total. The number of carbonyl (C=O) groups is 2. The zero-order chi connectivity index (χ0) is 10.2. The molecule has 2 saturated carbocycles. The van der Waals surface area contributed by atoms with Gasteiger partial charge in [-0.2, -0.15) is 0 Å². The molecule has 0 heterocycles. The summed E-state index contributed by atoms with van der Waals surface area (Å²) < 4.78 is 0. The molecule has 0 aliphatic heterocycles. The number of carbonyl (C=O) groups excluding carboxylic acids is 1. The molecule has 0 aromatic rings. The predicted molar refractivity (Wildman–Crippen MR) is 50.9 cm³/mol. The number of Topliss-reactive ketones (excluding diaryl/α,β-unsaturated/α-hetero) is 1. The Balaban J connectivity index is 2.10. The van der Waals surface area contributed by atoms with E-state index < -0.39 is 11.9 Å². The van der Waals surface area contributed by atoms with Gasteiger partial charge in [-0.1, -0.05) is 19.3 Å². The second kappa shape index (κ2) is 3.37. The van der Waals surface area contributed by atoms with Crippen molar-refractivity contribution in [2.24, 2.45) is 11.3 Å². The normalized spacial score (nSPS) is 30.9. The van der Waals surface area contributed by atoms with Gasteiger partial charge in [0.1, 0.15) is 11.7 Å². The standard InChI is InChI=1S/C11H16O3/c12-9-7-11(4-2-1-3-5-11)6-8(9)10(13)14/h8H,1-7H2,(H,13,14). The van der Waals surface area contributed by atoms with E-state index >= 15 is 0 Å². The van der Waals surface area contributed by atoms with Gasteiger partial charge in [0.15, 0.2) is 0 Å².